The summed E-state index contributed by atoms with van der Waals surface area (Å²) in [4.78, 5) is 9.73. The lowest BCUT2D eigenvalue weighted by atomic mass is 10.2. The van der Waals surface area contributed by atoms with Crippen molar-refractivity contribution in [2.75, 3.05) is 5.32 Å². The van der Waals surface area contributed by atoms with Crippen molar-refractivity contribution in [3.8, 4) is 0 Å². The summed E-state index contributed by atoms with van der Waals surface area (Å²) in [5, 5.41) is 13.0. The zero-order valence-corrected chi connectivity index (χ0v) is 10.1. The van der Waals surface area contributed by atoms with E-state index in [9.17, 15) is 23.3 Å². The van der Waals surface area contributed by atoms with E-state index in [-0.39, 0.29) is 23.5 Å². The molecule has 0 bridgehead atoms. The summed E-state index contributed by atoms with van der Waals surface area (Å²) >= 11 is 0. The number of rotatable bonds is 4. The van der Waals surface area contributed by atoms with Crippen molar-refractivity contribution in [2.24, 2.45) is 0 Å². The van der Waals surface area contributed by atoms with Gasteiger partial charge < -0.3 is 5.32 Å². The third-order valence-electron chi connectivity index (χ3n) is 2.64. The van der Waals surface area contributed by atoms with Crippen LogP contribution in [0.25, 0.3) is 0 Å². The molecule has 20 heavy (non-hydrogen) atoms. The number of hydrogen-bond acceptors (Lipinski definition) is 3. The largest absolute Gasteiger partial charge is 0.378 e. The number of anilines is 1. The first kappa shape index (κ1) is 13.9. The number of nitrogens with zero attached hydrogens (tertiary/aromatic N) is 1. The molecule has 104 valence electrons. The lowest BCUT2D eigenvalue weighted by molar-refractivity contribution is -0.385. The highest BCUT2D eigenvalue weighted by molar-refractivity contribution is 5.50. The Labute approximate surface area is 112 Å². The van der Waals surface area contributed by atoms with E-state index in [0.29, 0.717) is 0 Å². The summed E-state index contributed by atoms with van der Waals surface area (Å²) in [6.07, 6.45) is 0. The van der Waals surface area contributed by atoms with Gasteiger partial charge in [-0.15, -0.1) is 0 Å². The fourth-order valence-electron chi connectivity index (χ4n) is 1.63. The smallest absolute Gasteiger partial charge is 0.272 e. The average Bonchev–Trinajstić information content (AvgIpc) is 2.40. The lowest BCUT2D eigenvalue weighted by Crippen LogP contribution is -2.04. The van der Waals surface area contributed by atoms with Crippen LogP contribution in [0.15, 0.2) is 36.4 Å². The van der Waals surface area contributed by atoms with E-state index in [1.54, 1.807) is 0 Å². The van der Waals surface area contributed by atoms with Gasteiger partial charge in [0.25, 0.3) is 5.69 Å². The van der Waals surface area contributed by atoms with Gasteiger partial charge in [0.1, 0.15) is 11.6 Å². The van der Waals surface area contributed by atoms with Crippen LogP contribution in [0.1, 0.15) is 5.56 Å². The van der Waals surface area contributed by atoms with Crippen LogP contribution in [-0.4, -0.2) is 4.92 Å². The molecular formula is C13H9F3N2O2. The van der Waals surface area contributed by atoms with E-state index in [4.69, 9.17) is 0 Å². The van der Waals surface area contributed by atoms with E-state index >= 15 is 0 Å². The Morgan fingerprint density at radius 3 is 2.45 bits per heavy atom. The van der Waals surface area contributed by atoms with Crippen molar-refractivity contribution in [1.29, 1.82) is 0 Å². The second-order valence-electron chi connectivity index (χ2n) is 4.01. The molecule has 0 saturated heterocycles. The molecule has 2 rings (SSSR count). The molecule has 0 spiro atoms. The number of non-ortho nitro benzene ring substituents is 1. The fraction of sp³-hybridized carbons (Fsp3) is 0.0769. The quantitative estimate of drug-likeness (QED) is 0.688. The number of nitro benzene ring substituents is 1. The van der Waals surface area contributed by atoms with Crippen LogP contribution in [-0.2, 0) is 6.54 Å². The molecule has 0 aliphatic heterocycles. The third kappa shape index (κ3) is 3.05. The van der Waals surface area contributed by atoms with E-state index in [1.165, 1.54) is 6.07 Å². The van der Waals surface area contributed by atoms with Gasteiger partial charge in [0.2, 0.25) is 0 Å². The molecule has 2 aromatic carbocycles. The highest BCUT2D eigenvalue weighted by Gasteiger charge is 2.11. The Morgan fingerprint density at radius 2 is 1.80 bits per heavy atom. The van der Waals surface area contributed by atoms with Crippen LogP contribution in [0.5, 0.6) is 0 Å². The summed E-state index contributed by atoms with van der Waals surface area (Å²) in [6.45, 7) is -0.141. The van der Waals surface area contributed by atoms with Gasteiger partial charge in [-0.25, -0.2) is 13.2 Å². The Hall–Kier alpha value is -2.57. The monoisotopic (exact) mass is 282 g/mol. The number of benzene rings is 2. The molecule has 0 radical (unpaired) electrons. The van der Waals surface area contributed by atoms with Crippen molar-refractivity contribution >= 4 is 11.4 Å². The van der Waals surface area contributed by atoms with Gasteiger partial charge in [-0.1, -0.05) is 0 Å². The topological polar surface area (TPSA) is 55.2 Å². The second-order valence-corrected chi connectivity index (χ2v) is 4.01. The first-order chi connectivity index (χ1) is 9.47. The highest BCUT2D eigenvalue weighted by Crippen LogP contribution is 2.21. The third-order valence-corrected chi connectivity index (χ3v) is 2.64. The minimum Gasteiger partial charge on any atom is -0.378 e. The predicted octanol–water partition coefficient (Wildman–Crippen LogP) is 3.62. The van der Waals surface area contributed by atoms with Crippen LogP contribution >= 0.6 is 0 Å². The second kappa shape index (κ2) is 5.60. The first-order valence-corrected chi connectivity index (χ1v) is 5.59. The molecule has 7 heteroatoms. The van der Waals surface area contributed by atoms with Gasteiger partial charge in [-0.05, 0) is 24.3 Å². The molecule has 0 saturated carbocycles. The number of hydrogen-bond donors (Lipinski definition) is 1. The summed E-state index contributed by atoms with van der Waals surface area (Å²) in [5.41, 5.74) is -0.382. The normalized spacial score (nSPS) is 10.3. The van der Waals surface area contributed by atoms with Gasteiger partial charge >= 0.3 is 0 Å². The number of nitrogens with one attached hydrogen (secondary N) is 1. The molecule has 0 heterocycles. The van der Waals surface area contributed by atoms with Crippen molar-refractivity contribution in [1.82, 2.24) is 0 Å². The molecule has 4 nitrogen and oxygen atoms in total. The minimum absolute atomic E-state index is 0.0285. The van der Waals surface area contributed by atoms with Crippen molar-refractivity contribution in [3.63, 3.8) is 0 Å². The van der Waals surface area contributed by atoms with Gasteiger partial charge in [0.15, 0.2) is 5.82 Å². The van der Waals surface area contributed by atoms with Crippen LogP contribution in [0, 0.1) is 27.6 Å². The minimum atomic E-state index is -0.837. The molecule has 0 fully saturated rings. The average molecular weight is 282 g/mol. The van der Waals surface area contributed by atoms with Crippen LogP contribution in [0.3, 0.4) is 0 Å². The van der Waals surface area contributed by atoms with Gasteiger partial charge in [-0.3, -0.25) is 10.1 Å². The Morgan fingerprint density at radius 1 is 1.05 bits per heavy atom. The van der Waals surface area contributed by atoms with Crippen molar-refractivity contribution < 1.29 is 18.1 Å². The lowest BCUT2D eigenvalue weighted by Gasteiger charge is -2.08. The number of halogens is 3. The van der Waals surface area contributed by atoms with Gasteiger partial charge in [0, 0.05) is 18.2 Å². The van der Waals surface area contributed by atoms with Gasteiger partial charge in [-0.2, -0.15) is 0 Å². The van der Waals surface area contributed by atoms with Crippen LogP contribution in [0.2, 0.25) is 0 Å². The molecule has 0 aromatic heterocycles. The maximum atomic E-state index is 13.6. The molecule has 2 aromatic rings. The molecule has 0 aliphatic carbocycles. The van der Waals surface area contributed by atoms with Crippen molar-refractivity contribution in [2.45, 2.75) is 6.54 Å². The van der Waals surface area contributed by atoms with E-state index in [2.05, 4.69) is 5.32 Å². The van der Waals surface area contributed by atoms with Crippen molar-refractivity contribution in [3.05, 3.63) is 69.5 Å². The predicted molar refractivity (Wildman–Crippen MR) is 66.7 cm³/mol. The Balaban J connectivity index is 2.15. The summed E-state index contributed by atoms with van der Waals surface area (Å²) in [6, 6.07) is 5.98. The summed E-state index contributed by atoms with van der Waals surface area (Å²) < 4.78 is 39.9. The molecule has 0 amide bonds. The van der Waals surface area contributed by atoms with Crippen LogP contribution < -0.4 is 5.32 Å². The fourth-order valence-corrected chi connectivity index (χ4v) is 1.63. The summed E-state index contributed by atoms with van der Waals surface area (Å²) in [5.74, 6) is -2.07. The van der Waals surface area contributed by atoms with E-state index in [0.717, 1.165) is 30.3 Å². The first-order valence-electron chi connectivity index (χ1n) is 5.59. The highest BCUT2D eigenvalue weighted by atomic mass is 19.1. The standard InChI is InChI=1S/C13H9F3N2O2/c14-9-1-3-11(15)8(5-9)7-17-13-4-2-10(18(19)20)6-12(13)16/h1-6,17H,7H2. The zero-order valence-electron chi connectivity index (χ0n) is 10.1. The Kier molecular flexibility index (Phi) is 3.88. The SMILES string of the molecule is O=[N+]([O-])c1ccc(NCc2cc(F)ccc2F)c(F)c1. The van der Waals surface area contributed by atoms with Crippen LogP contribution in [0.4, 0.5) is 24.5 Å². The maximum absolute atomic E-state index is 13.6. The molecule has 1 N–H and O–H groups in total. The van der Waals surface area contributed by atoms with E-state index < -0.39 is 22.4 Å². The Bertz CT molecular complexity index is 662. The molecule has 0 atom stereocenters. The van der Waals surface area contributed by atoms with Gasteiger partial charge in [0.05, 0.1) is 16.7 Å². The molecular weight excluding hydrogens is 273 g/mol. The summed E-state index contributed by atoms with van der Waals surface area (Å²) in [7, 11) is 0. The zero-order chi connectivity index (χ0) is 14.7. The molecule has 0 unspecified atom stereocenters. The number of nitro groups is 1. The maximum Gasteiger partial charge on any atom is 0.272 e. The molecule has 0 aliphatic rings. The van der Waals surface area contributed by atoms with E-state index in [1.807, 2.05) is 0 Å².